The molecule has 35 heavy (non-hydrogen) atoms. The van der Waals surface area contributed by atoms with Gasteiger partial charge in [0.05, 0.1) is 11.7 Å². The van der Waals surface area contributed by atoms with E-state index in [0.717, 1.165) is 34.1 Å². The quantitative estimate of drug-likeness (QED) is 0.293. The largest absolute Gasteiger partial charge is 0.326 e. The van der Waals surface area contributed by atoms with E-state index >= 15 is 0 Å². The molecule has 0 aromatic heterocycles. The molecule has 4 rings (SSSR count). The first-order chi connectivity index (χ1) is 17.0. The van der Waals surface area contributed by atoms with Gasteiger partial charge in [0, 0.05) is 24.0 Å². The molecule has 0 saturated heterocycles. The molecule has 1 unspecified atom stereocenters. The molecule has 5 nitrogen and oxygen atoms in total. The molecule has 4 aromatic carbocycles. The van der Waals surface area contributed by atoms with E-state index in [9.17, 15) is 9.59 Å². The Morgan fingerprint density at radius 1 is 0.800 bits per heavy atom. The maximum Gasteiger partial charge on any atom is 0.322 e. The first-order valence-corrected chi connectivity index (χ1v) is 12.0. The number of carbonyl (C=O) groups excluding carboxylic acids is 2. The smallest absolute Gasteiger partial charge is 0.322 e. The Labute approximate surface area is 206 Å². The third-order valence-corrected chi connectivity index (χ3v) is 6.27. The van der Waals surface area contributed by atoms with Gasteiger partial charge in [-0.05, 0) is 48.1 Å². The van der Waals surface area contributed by atoms with Crippen molar-refractivity contribution >= 4 is 34.1 Å². The first kappa shape index (κ1) is 24.0. The molecule has 5 heteroatoms. The van der Waals surface area contributed by atoms with Crippen molar-refractivity contribution in [2.24, 2.45) is 0 Å². The number of carbonyl (C=O) groups is 2. The van der Waals surface area contributed by atoms with Crippen LogP contribution in [-0.4, -0.2) is 23.4 Å². The molecule has 0 aliphatic rings. The molecule has 4 aromatic rings. The van der Waals surface area contributed by atoms with Crippen LogP contribution in [0.25, 0.3) is 10.8 Å². The highest BCUT2D eigenvalue weighted by atomic mass is 16.2. The van der Waals surface area contributed by atoms with Crippen LogP contribution in [-0.2, 0) is 11.2 Å². The van der Waals surface area contributed by atoms with Crippen LogP contribution in [0.2, 0.25) is 0 Å². The Morgan fingerprint density at radius 3 is 2.23 bits per heavy atom. The van der Waals surface area contributed by atoms with Crippen LogP contribution in [0.5, 0.6) is 0 Å². The van der Waals surface area contributed by atoms with Crippen molar-refractivity contribution in [1.82, 2.24) is 4.90 Å². The van der Waals surface area contributed by atoms with Crippen LogP contribution in [0.4, 0.5) is 16.2 Å². The number of anilines is 2. The fourth-order valence-corrected chi connectivity index (χ4v) is 4.17. The second kappa shape index (κ2) is 11.3. The van der Waals surface area contributed by atoms with Crippen molar-refractivity contribution in [3.8, 4) is 0 Å². The summed E-state index contributed by atoms with van der Waals surface area (Å²) in [5.41, 5.74) is 3.74. The van der Waals surface area contributed by atoms with E-state index in [1.807, 2.05) is 104 Å². The normalized spacial score (nSPS) is 11.6. The summed E-state index contributed by atoms with van der Waals surface area (Å²) in [6.07, 6.45) is 1.14. The predicted molar refractivity (Wildman–Crippen MR) is 144 cm³/mol. The molecule has 0 heterocycles. The molecular formula is C30H31N3O2. The highest BCUT2D eigenvalue weighted by molar-refractivity contribution is 6.01. The van der Waals surface area contributed by atoms with Crippen LogP contribution < -0.4 is 10.6 Å². The number of hydrogen-bond donors (Lipinski definition) is 2. The Morgan fingerprint density at radius 2 is 1.49 bits per heavy atom. The van der Waals surface area contributed by atoms with Gasteiger partial charge >= 0.3 is 6.03 Å². The summed E-state index contributed by atoms with van der Waals surface area (Å²) in [7, 11) is 0. The number of fused-ring (bicyclic) bond motifs is 1. The molecule has 0 aliphatic heterocycles. The fourth-order valence-electron chi connectivity index (χ4n) is 4.17. The van der Waals surface area contributed by atoms with Gasteiger partial charge in [-0.2, -0.15) is 0 Å². The minimum Gasteiger partial charge on any atom is -0.326 e. The predicted octanol–water partition coefficient (Wildman–Crippen LogP) is 7.03. The highest BCUT2D eigenvalue weighted by Gasteiger charge is 2.23. The summed E-state index contributed by atoms with van der Waals surface area (Å²) in [4.78, 5) is 27.9. The van der Waals surface area contributed by atoms with Crippen LogP contribution >= 0.6 is 0 Å². The van der Waals surface area contributed by atoms with Crippen molar-refractivity contribution in [2.75, 3.05) is 17.2 Å². The standard InChI is InChI=1S/C30H31N3O2/c1-3-23-16-18-26(19-17-23)31-29(34)20-21-33(22(2)24-10-5-4-6-11-24)30(35)32-28-15-9-13-25-12-7-8-14-27(25)28/h4-19,22H,3,20-21H2,1-2H3,(H,31,34)(H,32,35). The number of nitrogens with zero attached hydrogens (tertiary/aromatic N) is 1. The van der Waals surface area contributed by atoms with Gasteiger partial charge in [-0.25, -0.2) is 4.79 Å². The third kappa shape index (κ3) is 6.07. The van der Waals surface area contributed by atoms with Gasteiger partial charge < -0.3 is 15.5 Å². The second-order valence-corrected chi connectivity index (χ2v) is 8.59. The van der Waals surface area contributed by atoms with Gasteiger partial charge in [-0.3, -0.25) is 4.79 Å². The average Bonchev–Trinajstić information content (AvgIpc) is 2.90. The van der Waals surface area contributed by atoms with E-state index in [-0.39, 0.29) is 30.9 Å². The zero-order valence-corrected chi connectivity index (χ0v) is 20.2. The van der Waals surface area contributed by atoms with E-state index in [1.165, 1.54) is 5.56 Å². The minimum absolute atomic E-state index is 0.127. The number of rotatable bonds is 8. The topological polar surface area (TPSA) is 61.4 Å². The second-order valence-electron chi connectivity index (χ2n) is 8.59. The lowest BCUT2D eigenvalue weighted by atomic mass is 10.1. The zero-order valence-electron chi connectivity index (χ0n) is 20.2. The van der Waals surface area contributed by atoms with Gasteiger partial charge in [0.25, 0.3) is 0 Å². The molecule has 1 atom stereocenters. The van der Waals surface area contributed by atoms with Crippen LogP contribution in [0.3, 0.4) is 0 Å². The van der Waals surface area contributed by atoms with E-state index in [1.54, 1.807) is 4.90 Å². The Balaban J connectivity index is 1.50. The number of aryl methyl sites for hydroxylation is 1. The van der Waals surface area contributed by atoms with Crippen molar-refractivity contribution in [3.05, 3.63) is 108 Å². The van der Waals surface area contributed by atoms with Crippen molar-refractivity contribution in [2.45, 2.75) is 32.7 Å². The monoisotopic (exact) mass is 465 g/mol. The number of nitrogens with one attached hydrogen (secondary N) is 2. The van der Waals surface area contributed by atoms with E-state index in [0.29, 0.717) is 0 Å². The molecule has 178 valence electrons. The fraction of sp³-hybridized carbons (Fsp3) is 0.200. The summed E-state index contributed by atoms with van der Waals surface area (Å²) >= 11 is 0. The Bertz CT molecular complexity index is 1280. The summed E-state index contributed by atoms with van der Waals surface area (Å²) < 4.78 is 0. The summed E-state index contributed by atoms with van der Waals surface area (Å²) in [5, 5.41) is 8.05. The Hall–Kier alpha value is -4.12. The van der Waals surface area contributed by atoms with Gasteiger partial charge in [0.2, 0.25) is 5.91 Å². The number of benzene rings is 4. The van der Waals surface area contributed by atoms with Crippen LogP contribution in [0.1, 0.15) is 37.4 Å². The van der Waals surface area contributed by atoms with E-state index in [4.69, 9.17) is 0 Å². The minimum atomic E-state index is -0.238. The number of hydrogen-bond acceptors (Lipinski definition) is 2. The van der Waals surface area contributed by atoms with Crippen molar-refractivity contribution < 1.29 is 9.59 Å². The lowest BCUT2D eigenvalue weighted by Crippen LogP contribution is -2.39. The van der Waals surface area contributed by atoms with E-state index in [2.05, 4.69) is 17.6 Å². The molecule has 3 amide bonds. The first-order valence-electron chi connectivity index (χ1n) is 12.0. The molecule has 0 saturated carbocycles. The molecular weight excluding hydrogens is 434 g/mol. The molecule has 0 spiro atoms. The van der Waals surface area contributed by atoms with Gasteiger partial charge in [-0.15, -0.1) is 0 Å². The molecule has 0 fully saturated rings. The molecule has 0 radical (unpaired) electrons. The maximum atomic E-state index is 13.5. The molecule has 0 bridgehead atoms. The van der Waals surface area contributed by atoms with Gasteiger partial charge in [-0.1, -0.05) is 85.8 Å². The van der Waals surface area contributed by atoms with Crippen LogP contribution in [0.15, 0.2) is 97.1 Å². The summed E-state index contributed by atoms with van der Waals surface area (Å²) in [6, 6.07) is 31.1. The lowest BCUT2D eigenvalue weighted by Gasteiger charge is -2.30. The van der Waals surface area contributed by atoms with Gasteiger partial charge in [0.1, 0.15) is 0 Å². The highest BCUT2D eigenvalue weighted by Crippen LogP contribution is 2.26. The van der Waals surface area contributed by atoms with Crippen LogP contribution in [0, 0.1) is 0 Å². The zero-order chi connectivity index (χ0) is 24.6. The SMILES string of the molecule is CCc1ccc(NC(=O)CCN(C(=O)Nc2cccc3ccccc23)C(C)c2ccccc2)cc1. The summed E-state index contributed by atoms with van der Waals surface area (Å²) in [6.45, 7) is 4.37. The Kier molecular flexibility index (Phi) is 7.78. The third-order valence-electron chi connectivity index (χ3n) is 6.27. The maximum absolute atomic E-state index is 13.5. The molecule has 2 N–H and O–H groups in total. The van der Waals surface area contributed by atoms with E-state index < -0.39 is 0 Å². The van der Waals surface area contributed by atoms with Gasteiger partial charge in [0.15, 0.2) is 0 Å². The number of amides is 3. The summed E-state index contributed by atoms with van der Waals surface area (Å²) in [5.74, 6) is -0.127. The van der Waals surface area contributed by atoms with Crippen molar-refractivity contribution in [3.63, 3.8) is 0 Å². The lowest BCUT2D eigenvalue weighted by molar-refractivity contribution is -0.116. The molecule has 0 aliphatic carbocycles. The number of urea groups is 1. The van der Waals surface area contributed by atoms with Crippen molar-refractivity contribution in [1.29, 1.82) is 0 Å². The average molecular weight is 466 g/mol.